The summed E-state index contributed by atoms with van der Waals surface area (Å²) < 4.78 is 1.87. The molecule has 2 aromatic rings. The van der Waals surface area contributed by atoms with Gasteiger partial charge in [0.1, 0.15) is 0 Å². The van der Waals surface area contributed by atoms with Crippen LogP contribution in [0.15, 0.2) is 35.5 Å². The molecule has 1 amide bonds. The van der Waals surface area contributed by atoms with Gasteiger partial charge in [0.15, 0.2) is 5.96 Å². The number of hydrogen-bond donors (Lipinski definition) is 2. The van der Waals surface area contributed by atoms with Crippen molar-refractivity contribution in [2.45, 2.75) is 52.6 Å². The Balaban J connectivity index is 0.00000450. The number of aliphatic imine (C=N–C) groups is 1. The molecule has 0 radical (unpaired) electrons. The van der Waals surface area contributed by atoms with Crippen LogP contribution in [-0.4, -0.2) is 40.6 Å². The molecule has 0 saturated carbocycles. The highest BCUT2D eigenvalue weighted by Crippen LogP contribution is 2.18. The zero-order valence-electron chi connectivity index (χ0n) is 18.9. The van der Waals surface area contributed by atoms with Crippen molar-refractivity contribution in [1.82, 2.24) is 20.0 Å². The molecule has 1 aromatic heterocycles. The van der Waals surface area contributed by atoms with Crippen LogP contribution >= 0.6 is 24.0 Å². The second-order valence-corrected chi connectivity index (χ2v) is 7.62. The fourth-order valence-electron chi connectivity index (χ4n) is 3.27. The summed E-state index contributed by atoms with van der Waals surface area (Å²) in [7, 11) is 5.76. The predicted octanol–water partition coefficient (Wildman–Crippen LogP) is 4.11. The zero-order valence-corrected chi connectivity index (χ0v) is 21.2. The van der Waals surface area contributed by atoms with Crippen LogP contribution in [0.4, 0.5) is 5.69 Å². The summed E-state index contributed by atoms with van der Waals surface area (Å²) in [6, 6.07) is 7.89. The lowest BCUT2D eigenvalue weighted by molar-refractivity contribution is -0.116. The molecule has 2 rings (SSSR count). The number of rotatable bonds is 8. The number of hydrogen-bond acceptors (Lipinski definition) is 3. The summed E-state index contributed by atoms with van der Waals surface area (Å²) in [5.41, 5.74) is 4.22. The third-order valence-electron chi connectivity index (χ3n) is 4.60. The molecular formula is C22H35IN6O. The van der Waals surface area contributed by atoms with E-state index in [-0.39, 0.29) is 29.9 Å². The molecule has 1 aromatic carbocycles. The summed E-state index contributed by atoms with van der Waals surface area (Å²) >= 11 is 0. The number of aromatic nitrogens is 2. The van der Waals surface area contributed by atoms with E-state index in [1.54, 1.807) is 7.05 Å². The van der Waals surface area contributed by atoms with Gasteiger partial charge in [-0.1, -0.05) is 32.9 Å². The van der Waals surface area contributed by atoms with E-state index >= 15 is 0 Å². The Hall–Kier alpha value is -2.10. The minimum absolute atomic E-state index is 0. The van der Waals surface area contributed by atoms with Crippen molar-refractivity contribution < 1.29 is 4.79 Å². The van der Waals surface area contributed by atoms with Gasteiger partial charge in [-0.2, -0.15) is 5.10 Å². The first-order valence-electron chi connectivity index (χ1n) is 10.2. The van der Waals surface area contributed by atoms with E-state index in [9.17, 15) is 4.79 Å². The molecule has 30 heavy (non-hydrogen) atoms. The molecule has 0 aliphatic carbocycles. The maximum Gasteiger partial charge on any atom is 0.224 e. The number of halogens is 1. The molecule has 8 heteroatoms. The van der Waals surface area contributed by atoms with Crippen molar-refractivity contribution in [3.8, 4) is 0 Å². The van der Waals surface area contributed by atoms with Gasteiger partial charge >= 0.3 is 0 Å². The van der Waals surface area contributed by atoms with Gasteiger partial charge in [0, 0.05) is 58.1 Å². The molecule has 166 valence electrons. The fourth-order valence-corrected chi connectivity index (χ4v) is 3.27. The maximum atomic E-state index is 11.8. The first-order valence-corrected chi connectivity index (χ1v) is 10.2. The van der Waals surface area contributed by atoms with Gasteiger partial charge < -0.3 is 15.5 Å². The lowest BCUT2D eigenvalue weighted by Crippen LogP contribution is -2.38. The molecule has 1 heterocycles. The number of anilines is 1. The van der Waals surface area contributed by atoms with Crippen LogP contribution in [0.5, 0.6) is 0 Å². The third-order valence-corrected chi connectivity index (χ3v) is 4.60. The highest BCUT2D eigenvalue weighted by Gasteiger charge is 2.15. The predicted molar refractivity (Wildman–Crippen MR) is 134 cm³/mol. The largest absolute Gasteiger partial charge is 0.352 e. The van der Waals surface area contributed by atoms with E-state index in [1.807, 2.05) is 50.0 Å². The average molecular weight is 526 g/mol. The van der Waals surface area contributed by atoms with Gasteiger partial charge in [-0.05, 0) is 30.0 Å². The number of aryl methyl sites for hydroxylation is 1. The van der Waals surface area contributed by atoms with Gasteiger partial charge in [-0.25, -0.2) is 0 Å². The molecule has 0 atom stereocenters. The summed E-state index contributed by atoms with van der Waals surface area (Å²) in [5, 5.41) is 10.9. The minimum Gasteiger partial charge on any atom is -0.352 e. The summed E-state index contributed by atoms with van der Waals surface area (Å²) in [6.45, 7) is 7.67. The Labute approximate surface area is 197 Å². The average Bonchev–Trinajstić information content (AvgIpc) is 3.03. The first-order chi connectivity index (χ1) is 13.8. The summed E-state index contributed by atoms with van der Waals surface area (Å²) in [4.78, 5) is 18.3. The Bertz CT molecular complexity index is 846. The summed E-state index contributed by atoms with van der Waals surface area (Å²) in [5.74, 6) is 1.23. The van der Waals surface area contributed by atoms with Crippen LogP contribution in [0.2, 0.25) is 0 Å². The number of benzene rings is 1. The van der Waals surface area contributed by atoms with E-state index in [0.29, 0.717) is 18.9 Å². The van der Waals surface area contributed by atoms with Crippen molar-refractivity contribution in [3.63, 3.8) is 0 Å². The molecule has 0 unspecified atom stereocenters. The molecule has 2 N–H and O–H groups in total. The minimum atomic E-state index is 0. The Kier molecular flexibility index (Phi) is 10.9. The molecule has 0 saturated heterocycles. The van der Waals surface area contributed by atoms with Crippen molar-refractivity contribution >= 4 is 41.5 Å². The van der Waals surface area contributed by atoms with Crippen LogP contribution in [0.25, 0.3) is 0 Å². The summed E-state index contributed by atoms with van der Waals surface area (Å²) in [6.07, 6.45) is 3.44. The van der Waals surface area contributed by atoms with Gasteiger partial charge in [0.05, 0.1) is 5.69 Å². The maximum absolute atomic E-state index is 11.8. The lowest BCUT2D eigenvalue weighted by atomic mass is 10.1. The topological polar surface area (TPSA) is 74.6 Å². The van der Waals surface area contributed by atoms with E-state index in [4.69, 9.17) is 0 Å². The Morgan fingerprint density at radius 3 is 2.70 bits per heavy atom. The van der Waals surface area contributed by atoms with Crippen molar-refractivity contribution in [2.24, 2.45) is 12.0 Å². The van der Waals surface area contributed by atoms with Crippen LogP contribution in [0, 0.1) is 0 Å². The van der Waals surface area contributed by atoms with Crippen molar-refractivity contribution in [3.05, 3.63) is 47.3 Å². The van der Waals surface area contributed by atoms with E-state index in [2.05, 4.69) is 45.7 Å². The zero-order chi connectivity index (χ0) is 21.4. The van der Waals surface area contributed by atoms with E-state index in [0.717, 1.165) is 35.9 Å². The molecule has 0 aliphatic rings. The number of nitrogens with zero attached hydrogens (tertiary/aromatic N) is 4. The standard InChI is InChI=1S/C22H34N6O.HI/c1-7-9-20(29)25-19-11-8-10-17(12-19)13-24-22(23-4)27(5)14-18-15-28(6)26-21(18)16(2)3;/h8,10-12,15-16H,7,9,13-14H2,1-6H3,(H,23,24)(H,25,29);1H. The molecule has 0 fully saturated rings. The molecule has 0 spiro atoms. The second-order valence-electron chi connectivity index (χ2n) is 7.62. The second kappa shape index (κ2) is 12.6. The van der Waals surface area contributed by atoms with Crippen LogP contribution in [-0.2, 0) is 24.9 Å². The molecule has 0 aliphatic heterocycles. The quantitative estimate of drug-likeness (QED) is 0.309. The van der Waals surface area contributed by atoms with Crippen LogP contribution in [0.3, 0.4) is 0 Å². The van der Waals surface area contributed by atoms with Crippen LogP contribution < -0.4 is 10.6 Å². The third kappa shape index (κ3) is 7.62. The first kappa shape index (κ1) is 25.9. The molecular weight excluding hydrogens is 491 g/mol. The number of carbonyl (C=O) groups is 1. The van der Waals surface area contributed by atoms with Crippen molar-refractivity contribution in [1.29, 1.82) is 0 Å². The van der Waals surface area contributed by atoms with E-state index in [1.165, 1.54) is 5.56 Å². The SMILES string of the molecule is CCCC(=O)Nc1cccc(CNC(=NC)N(C)Cc2cn(C)nc2C(C)C)c1.I. The van der Waals surface area contributed by atoms with Gasteiger partial charge in [-0.15, -0.1) is 24.0 Å². The Morgan fingerprint density at radius 2 is 2.07 bits per heavy atom. The number of nitrogens with one attached hydrogen (secondary N) is 2. The van der Waals surface area contributed by atoms with Crippen molar-refractivity contribution in [2.75, 3.05) is 19.4 Å². The lowest BCUT2D eigenvalue weighted by Gasteiger charge is -2.22. The van der Waals surface area contributed by atoms with Gasteiger partial charge in [0.2, 0.25) is 5.91 Å². The van der Waals surface area contributed by atoms with E-state index < -0.39 is 0 Å². The smallest absolute Gasteiger partial charge is 0.224 e. The Morgan fingerprint density at radius 1 is 1.33 bits per heavy atom. The highest BCUT2D eigenvalue weighted by molar-refractivity contribution is 14.0. The van der Waals surface area contributed by atoms with Gasteiger partial charge in [-0.3, -0.25) is 14.5 Å². The monoisotopic (exact) mass is 526 g/mol. The normalized spacial score (nSPS) is 11.2. The highest BCUT2D eigenvalue weighted by atomic mass is 127. The molecule has 7 nitrogen and oxygen atoms in total. The fraction of sp³-hybridized carbons (Fsp3) is 0.500. The number of amides is 1. The number of carbonyl (C=O) groups excluding carboxylic acids is 1. The van der Waals surface area contributed by atoms with Gasteiger partial charge in [0.25, 0.3) is 0 Å². The van der Waals surface area contributed by atoms with Crippen LogP contribution in [0.1, 0.15) is 56.4 Å². The number of guanidine groups is 1. The molecule has 0 bridgehead atoms.